The molecule has 0 saturated heterocycles. The van der Waals surface area contributed by atoms with Gasteiger partial charge >= 0.3 is 0 Å². The number of primary amides is 1. The minimum atomic E-state index is -1.22. The molecule has 0 aliphatic carbocycles. The molecule has 0 unspecified atom stereocenters. The molecule has 9 heteroatoms. The van der Waals surface area contributed by atoms with Gasteiger partial charge in [0.2, 0.25) is 5.91 Å². The van der Waals surface area contributed by atoms with Crippen LogP contribution in [0.2, 0.25) is 0 Å². The second kappa shape index (κ2) is 8.31. The van der Waals surface area contributed by atoms with Crippen LogP contribution < -0.4 is 22.1 Å². The van der Waals surface area contributed by atoms with Crippen molar-refractivity contribution in [2.45, 2.75) is 26.3 Å². The maximum absolute atomic E-state index is 12.8. The zero-order valence-electron chi connectivity index (χ0n) is 17.5. The summed E-state index contributed by atoms with van der Waals surface area (Å²) in [6, 6.07) is 14.0. The fourth-order valence-electron chi connectivity index (χ4n) is 2.81. The van der Waals surface area contributed by atoms with Crippen molar-refractivity contribution in [2.24, 2.45) is 5.73 Å². The van der Waals surface area contributed by atoms with Gasteiger partial charge in [-0.2, -0.15) is 5.10 Å². The highest BCUT2D eigenvalue weighted by atomic mass is 16.2. The van der Waals surface area contributed by atoms with E-state index in [1.165, 1.54) is 30.8 Å². The number of nitrogen functional groups attached to an aromatic ring is 1. The fraction of sp³-hybridized carbons (Fsp3) is 0.182. The Morgan fingerprint density at radius 2 is 1.71 bits per heavy atom. The molecule has 3 amide bonds. The van der Waals surface area contributed by atoms with Gasteiger partial charge in [0.15, 0.2) is 0 Å². The molecule has 0 aliphatic heterocycles. The third-order valence-electron chi connectivity index (χ3n) is 4.84. The largest absolute Gasteiger partial charge is 0.383 e. The number of benzene rings is 2. The molecule has 0 saturated carbocycles. The molecule has 0 radical (unpaired) electrons. The van der Waals surface area contributed by atoms with Crippen molar-refractivity contribution in [3.63, 3.8) is 0 Å². The fourth-order valence-corrected chi connectivity index (χ4v) is 2.81. The van der Waals surface area contributed by atoms with Crippen LogP contribution in [0.15, 0.2) is 54.7 Å². The molecule has 31 heavy (non-hydrogen) atoms. The van der Waals surface area contributed by atoms with Crippen LogP contribution in [0, 0.1) is 6.92 Å². The number of hydrogen-bond acceptors (Lipinski definition) is 5. The first-order valence-corrected chi connectivity index (χ1v) is 9.53. The molecule has 3 aromatic rings. The van der Waals surface area contributed by atoms with Gasteiger partial charge in [-0.25, -0.2) is 4.68 Å². The third kappa shape index (κ3) is 4.55. The van der Waals surface area contributed by atoms with E-state index in [0.29, 0.717) is 5.69 Å². The standard InChI is InChI=1S/C22H24N6O3/c1-13-9-10-14(19(29)27-22(2,3)21(24)31)11-17(13)26-20(30)16-12-25-28(18(16)23)15-7-5-4-6-8-15/h4-12H,23H2,1-3H3,(H2,24,31)(H,26,30)(H,27,29). The average molecular weight is 420 g/mol. The summed E-state index contributed by atoms with van der Waals surface area (Å²) in [6.45, 7) is 4.82. The lowest BCUT2D eigenvalue weighted by molar-refractivity contribution is -0.122. The van der Waals surface area contributed by atoms with E-state index in [1.807, 2.05) is 30.3 Å². The quantitative estimate of drug-likeness (QED) is 0.482. The third-order valence-corrected chi connectivity index (χ3v) is 4.84. The summed E-state index contributed by atoms with van der Waals surface area (Å²) >= 11 is 0. The van der Waals surface area contributed by atoms with Crippen LogP contribution in [0.25, 0.3) is 5.69 Å². The molecule has 2 aromatic carbocycles. The number of anilines is 2. The van der Waals surface area contributed by atoms with Crippen LogP contribution in [-0.2, 0) is 4.79 Å². The van der Waals surface area contributed by atoms with Crippen molar-refractivity contribution in [3.05, 3.63) is 71.4 Å². The van der Waals surface area contributed by atoms with Gasteiger partial charge in [0.25, 0.3) is 11.8 Å². The molecule has 160 valence electrons. The van der Waals surface area contributed by atoms with Crippen molar-refractivity contribution in [1.29, 1.82) is 0 Å². The van der Waals surface area contributed by atoms with Gasteiger partial charge in [-0.1, -0.05) is 24.3 Å². The zero-order valence-corrected chi connectivity index (χ0v) is 17.5. The Morgan fingerprint density at radius 1 is 1.03 bits per heavy atom. The minimum absolute atomic E-state index is 0.193. The molecular formula is C22H24N6O3. The lowest BCUT2D eigenvalue weighted by Crippen LogP contribution is -2.53. The number of hydrogen-bond donors (Lipinski definition) is 4. The van der Waals surface area contributed by atoms with Gasteiger partial charge in [-0.05, 0) is 50.6 Å². The number of nitrogens with one attached hydrogen (secondary N) is 2. The van der Waals surface area contributed by atoms with Crippen LogP contribution in [-0.4, -0.2) is 33.0 Å². The van der Waals surface area contributed by atoms with Crippen LogP contribution in [0.5, 0.6) is 0 Å². The Morgan fingerprint density at radius 3 is 2.35 bits per heavy atom. The molecular weight excluding hydrogens is 396 g/mol. The highest BCUT2D eigenvalue weighted by molar-refractivity contribution is 6.08. The highest BCUT2D eigenvalue weighted by Crippen LogP contribution is 2.22. The molecule has 0 spiro atoms. The number of nitrogens with two attached hydrogens (primary N) is 2. The van der Waals surface area contributed by atoms with Crippen LogP contribution >= 0.6 is 0 Å². The maximum Gasteiger partial charge on any atom is 0.261 e. The highest BCUT2D eigenvalue weighted by Gasteiger charge is 2.27. The second-order valence-corrected chi connectivity index (χ2v) is 7.62. The second-order valence-electron chi connectivity index (χ2n) is 7.62. The van der Waals surface area contributed by atoms with Crippen molar-refractivity contribution in [3.8, 4) is 5.69 Å². The lowest BCUT2D eigenvalue weighted by Gasteiger charge is -2.22. The van der Waals surface area contributed by atoms with E-state index < -0.39 is 23.3 Å². The Balaban J connectivity index is 1.83. The van der Waals surface area contributed by atoms with Crippen molar-refractivity contribution in [2.75, 3.05) is 11.1 Å². The van der Waals surface area contributed by atoms with Crippen LogP contribution in [0.3, 0.4) is 0 Å². The normalized spacial score (nSPS) is 11.1. The number of aromatic nitrogens is 2. The van der Waals surface area contributed by atoms with Gasteiger partial charge in [0.05, 0.1) is 11.9 Å². The summed E-state index contributed by atoms with van der Waals surface area (Å²) in [6.07, 6.45) is 1.39. The first-order chi connectivity index (χ1) is 14.6. The zero-order chi connectivity index (χ0) is 22.8. The van der Waals surface area contributed by atoms with E-state index in [9.17, 15) is 14.4 Å². The molecule has 0 atom stereocenters. The van der Waals surface area contributed by atoms with E-state index in [1.54, 1.807) is 19.1 Å². The Bertz CT molecular complexity index is 1150. The SMILES string of the molecule is Cc1ccc(C(=O)NC(C)(C)C(N)=O)cc1NC(=O)c1cnn(-c2ccccc2)c1N. The smallest absolute Gasteiger partial charge is 0.261 e. The summed E-state index contributed by atoms with van der Waals surface area (Å²) in [7, 11) is 0. The minimum Gasteiger partial charge on any atom is -0.383 e. The lowest BCUT2D eigenvalue weighted by atomic mass is 10.0. The van der Waals surface area contributed by atoms with E-state index in [-0.39, 0.29) is 16.9 Å². The number of para-hydroxylation sites is 1. The van der Waals surface area contributed by atoms with E-state index in [2.05, 4.69) is 15.7 Å². The van der Waals surface area contributed by atoms with Gasteiger partial charge in [0, 0.05) is 11.3 Å². The van der Waals surface area contributed by atoms with Crippen molar-refractivity contribution >= 4 is 29.2 Å². The average Bonchev–Trinajstić information content (AvgIpc) is 3.11. The summed E-state index contributed by atoms with van der Waals surface area (Å²) in [5.74, 6) is -1.42. The number of aryl methyl sites for hydroxylation is 1. The van der Waals surface area contributed by atoms with E-state index >= 15 is 0 Å². The molecule has 0 bridgehead atoms. The molecule has 0 aliphatic rings. The summed E-state index contributed by atoms with van der Waals surface area (Å²) in [4.78, 5) is 36.8. The van der Waals surface area contributed by atoms with Gasteiger partial charge in [-0.15, -0.1) is 0 Å². The predicted molar refractivity (Wildman–Crippen MR) is 118 cm³/mol. The van der Waals surface area contributed by atoms with Crippen molar-refractivity contribution < 1.29 is 14.4 Å². The van der Waals surface area contributed by atoms with Crippen molar-refractivity contribution in [1.82, 2.24) is 15.1 Å². The van der Waals surface area contributed by atoms with Gasteiger partial charge in [-0.3, -0.25) is 14.4 Å². The number of nitrogens with zero attached hydrogens (tertiary/aromatic N) is 2. The molecule has 3 rings (SSSR count). The van der Waals surface area contributed by atoms with E-state index in [4.69, 9.17) is 11.5 Å². The van der Waals surface area contributed by atoms with Gasteiger partial charge in [0.1, 0.15) is 16.9 Å². The van der Waals surface area contributed by atoms with Crippen LogP contribution in [0.1, 0.15) is 40.1 Å². The number of rotatable bonds is 6. The summed E-state index contributed by atoms with van der Waals surface area (Å²) < 4.78 is 1.47. The summed E-state index contributed by atoms with van der Waals surface area (Å²) in [5.41, 5.74) is 12.6. The molecule has 9 nitrogen and oxygen atoms in total. The molecule has 1 aromatic heterocycles. The van der Waals surface area contributed by atoms with Gasteiger partial charge < -0.3 is 22.1 Å². The number of amides is 3. The Labute approximate surface area is 179 Å². The maximum atomic E-state index is 12.8. The molecule has 1 heterocycles. The number of carbonyl (C=O) groups is 3. The Hall–Kier alpha value is -4.14. The molecule has 6 N–H and O–H groups in total. The Kier molecular flexibility index (Phi) is 5.78. The number of carbonyl (C=O) groups excluding carboxylic acids is 3. The van der Waals surface area contributed by atoms with Crippen LogP contribution in [0.4, 0.5) is 11.5 Å². The first kappa shape index (κ1) is 21.6. The first-order valence-electron chi connectivity index (χ1n) is 9.53. The topological polar surface area (TPSA) is 145 Å². The monoisotopic (exact) mass is 420 g/mol. The summed E-state index contributed by atoms with van der Waals surface area (Å²) in [5, 5.41) is 9.54. The van der Waals surface area contributed by atoms with E-state index in [0.717, 1.165) is 11.3 Å². The molecule has 0 fully saturated rings. The predicted octanol–water partition coefficient (Wildman–Crippen LogP) is 2.01.